The molecule has 0 unspecified atom stereocenters. The van der Waals surface area contributed by atoms with Gasteiger partial charge in [0.25, 0.3) is 10.0 Å². The van der Waals surface area contributed by atoms with E-state index in [1.165, 1.54) is 7.11 Å². The first-order chi connectivity index (χ1) is 16.2. The van der Waals surface area contributed by atoms with Crippen molar-refractivity contribution in [1.29, 1.82) is 0 Å². The SMILES string of the molecule is COC(=O)Cc1cc2ccc(Cl)cc2c(-c2ccc(S(=O)(=O)Nc3ccc(C)cc3)cc2)c1C. The smallest absolute Gasteiger partial charge is 0.309 e. The van der Waals surface area contributed by atoms with Crippen molar-refractivity contribution in [2.24, 2.45) is 0 Å². The lowest BCUT2D eigenvalue weighted by molar-refractivity contribution is -0.139. The molecule has 0 spiro atoms. The molecular formula is C27H24ClNO4S. The van der Waals surface area contributed by atoms with Crippen molar-refractivity contribution in [1.82, 2.24) is 0 Å². The van der Waals surface area contributed by atoms with E-state index in [4.69, 9.17) is 16.3 Å². The molecule has 0 amide bonds. The Labute approximate surface area is 204 Å². The zero-order valence-corrected chi connectivity index (χ0v) is 20.6. The quantitative estimate of drug-likeness (QED) is 0.320. The summed E-state index contributed by atoms with van der Waals surface area (Å²) in [6.45, 7) is 3.88. The highest BCUT2D eigenvalue weighted by Crippen LogP contribution is 2.36. The predicted molar refractivity (Wildman–Crippen MR) is 137 cm³/mol. The van der Waals surface area contributed by atoms with Gasteiger partial charge < -0.3 is 4.74 Å². The molecule has 0 aliphatic heterocycles. The van der Waals surface area contributed by atoms with Crippen molar-refractivity contribution < 1.29 is 17.9 Å². The normalized spacial score (nSPS) is 11.4. The van der Waals surface area contributed by atoms with Crippen LogP contribution >= 0.6 is 11.6 Å². The first-order valence-corrected chi connectivity index (χ1v) is 12.5. The van der Waals surface area contributed by atoms with E-state index in [1.807, 2.05) is 44.2 Å². The maximum atomic E-state index is 12.9. The van der Waals surface area contributed by atoms with Gasteiger partial charge in [-0.15, -0.1) is 0 Å². The van der Waals surface area contributed by atoms with Gasteiger partial charge in [-0.25, -0.2) is 8.42 Å². The molecule has 4 aromatic rings. The number of hydrogen-bond acceptors (Lipinski definition) is 4. The van der Waals surface area contributed by atoms with E-state index in [0.29, 0.717) is 10.7 Å². The van der Waals surface area contributed by atoms with Crippen LogP contribution in [-0.4, -0.2) is 21.5 Å². The topological polar surface area (TPSA) is 72.5 Å². The van der Waals surface area contributed by atoms with E-state index in [1.54, 1.807) is 42.5 Å². The van der Waals surface area contributed by atoms with Gasteiger partial charge in [-0.2, -0.15) is 0 Å². The van der Waals surface area contributed by atoms with E-state index in [0.717, 1.165) is 38.6 Å². The van der Waals surface area contributed by atoms with Crippen LogP contribution in [0.5, 0.6) is 0 Å². The van der Waals surface area contributed by atoms with E-state index in [2.05, 4.69) is 4.72 Å². The lowest BCUT2D eigenvalue weighted by Crippen LogP contribution is -2.12. The van der Waals surface area contributed by atoms with Gasteiger partial charge in [0.15, 0.2) is 0 Å². The van der Waals surface area contributed by atoms with Crippen LogP contribution in [0, 0.1) is 13.8 Å². The molecule has 0 saturated heterocycles. The zero-order valence-electron chi connectivity index (χ0n) is 19.1. The van der Waals surface area contributed by atoms with Gasteiger partial charge in [-0.05, 0) is 83.3 Å². The van der Waals surface area contributed by atoms with Gasteiger partial charge in [0.2, 0.25) is 0 Å². The molecule has 0 heterocycles. The molecule has 7 heteroatoms. The Morgan fingerprint density at radius 1 is 0.941 bits per heavy atom. The van der Waals surface area contributed by atoms with Crippen molar-refractivity contribution in [2.75, 3.05) is 11.8 Å². The number of esters is 1. The summed E-state index contributed by atoms with van der Waals surface area (Å²) in [4.78, 5) is 12.1. The fourth-order valence-electron chi connectivity index (χ4n) is 3.95. The number of halogens is 1. The van der Waals surface area contributed by atoms with Crippen LogP contribution in [0.3, 0.4) is 0 Å². The second-order valence-electron chi connectivity index (χ2n) is 8.15. The summed E-state index contributed by atoms with van der Waals surface area (Å²) in [5.74, 6) is -0.328. The minimum atomic E-state index is -3.74. The minimum Gasteiger partial charge on any atom is -0.469 e. The van der Waals surface area contributed by atoms with Crippen LogP contribution in [0.25, 0.3) is 21.9 Å². The number of aryl methyl sites for hydroxylation is 1. The molecule has 0 radical (unpaired) electrons. The molecule has 0 fully saturated rings. The molecule has 0 saturated carbocycles. The maximum absolute atomic E-state index is 12.9. The molecule has 34 heavy (non-hydrogen) atoms. The summed E-state index contributed by atoms with van der Waals surface area (Å²) < 4.78 is 33.2. The van der Waals surface area contributed by atoms with Crippen LogP contribution in [0.4, 0.5) is 5.69 Å². The number of carbonyl (C=O) groups is 1. The monoisotopic (exact) mass is 493 g/mol. The van der Waals surface area contributed by atoms with E-state index in [9.17, 15) is 13.2 Å². The fraction of sp³-hybridized carbons (Fsp3) is 0.148. The van der Waals surface area contributed by atoms with Gasteiger partial charge >= 0.3 is 5.97 Å². The van der Waals surface area contributed by atoms with Crippen LogP contribution in [0.2, 0.25) is 5.02 Å². The van der Waals surface area contributed by atoms with Crippen LogP contribution in [-0.2, 0) is 26.0 Å². The third-order valence-corrected chi connectivity index (χ3v) is 7.42. The van der Waals surface area contributed by atoms with Crippen molar-refractivity contribution in [2.45, 2.75) is 25.2 Å². The minimum absolute atomic E-state index is 0.140. The Hall–Kier alpha value is -3.35. The Bertz CT molecular complexity index is 1480. The molecule has 4 aromatic carbocycles. The number of hydrogen-bond donors (Lipinski definition) is 1. The lowest BCUT2D eigenvalue weighted by Gasteiger charge is -2.16. The molecule has 0 aromatic heterocycles. The standard InChI is InChI=1S/C27H24ClNO4S/c1-17-4-10-23(11-5-17)29-34(31,32)24-12-7-19(8-13-24)27-18(2)21(15-26(30)33-3)14-20-6-9-22(28)16-25(20)27/h4-14,16,29H,15H2,1-3H3. The zero-order chi connectivity index (χ0) is 24.5. The molecule has 1 N–H and O–H groups in total. The molecule has 0 aliphatic carbocycles. The Kier molecular flexibility index (Phi) is 6.64. The van der Waals surface area contributed by atoms with Gasteiger partial charge in [-0.1, -0.05) is 53.6 Å². The summed E-state index contributed by atoms with van der Waals surface area (Å²) in [6.07, 6.45) is 0.140. The largest absolute Gasteiger partial charge is 0.469 e. The van der Waals surface area contributed by atoms with Crippen LogP contribution < -0.4 is 4.72 Å². The number of nitrogens with one attached hydrogen (secondary N) is 1. The number of carbonyl (C=O) groups excluding carboxylic acids is 1. The molecular weight excluding hydrogens is 470 g/mol. The number of sulfonamides is 1. The number of benzene rings is 4. The molecule has 5 nitrogen and oxygen atoms in total. The average molecular weight is 494 g/mol. The Morgan fingerprint density at radius 2 is 1.62 bits per heavy atom. The summed E-state index contributed by atoms with van der Waals surface area (Å²) in [6, 6.07) is 21.4. The number of anilines is 1. The third-order valence-electron chi connectivity index (χ3n) is 5.79. The fourth-order valence-corrected chi connectivity index (χ4v) is 5.18. The maximum Gasteiger partial charge on any atom is 0.309 e. The summed E-state index contributed by atoms with van der Waals surface area (Å²) in [5, 5.41) is 2.45. The van der Waals surface area contributed by atoms with Gasteiger partial charge in [0.05, 0.1) is 18.4 Å². The number of methoxy groups -OCH3 is 1. The van der Waals surface area contributed by atoms with Crippen molar-refractivity contribution in [3.63, 3.8) is 0 Å². The van der Waals surface area contributed by atoms with Crippen molar-refractivity contribution in [3.05, 3.63) is 94.5 Å². The third kappa shape index (κ3) is 4.93. The van der Waals surface area contributed by atoms with Gasteiger partial charge in [0.1, 0.15) is 0 Å². The second kappa shape index (κ2) is 9.49. The highest BCUT2D eigenvalue weighted by molar-refractivity contribution is 7.92. The van der Waals surface area contributed by atoms with E-state index < -0.39 is 10.0 Å². The van der Waals surface area contributed by atoms with Crippen LogP contribution in [0.15, 0.2) is 77.7 Å². The van der Waals surface area contributed by atoms with Gasteiger partial charge in [0, 0.05) is 10.7 Å². The molecule has 174 valence electrons. The van der Waals surface area contributed by atoms with E-state index in [-0.39, 0.29) is 17.3 Å². The first kappa shape index (κ1) is 23.8. The lowest BCUT2D eigenvalue weighted by atomic mass is 9.89. The summed E-state index contributed by atoms with van der Waals surface area (Å²) >= 11 is 6.29. The van der Waals surface area contributed by atoms with Gasteiger partial charge in [-0.3, -0.25) is 9.52 Å². The Balaban J connectivity index is 1.77. The first-order valence-electron chi connectivity index (χ1n) is 10.7. The molecule has 4 rings (SSSR count). The number of ether oxygens (including phenoxy) is 1. The highest BCUT2D eigenvalue weighted by Gasteiger charge is 2.18. The summed E-state index contributed by atoms with van der Waals surface area (Å²) in [5.41, 5.74) is 5.02. The number of rotatable bonds is 6. The highest BCUT2D eigenvalue weighted by atomic mass is 35.5. The van der Waals surface area contributed by atoms with Crippen molar-refractivity contribution in [3.8, 4) is 11.1 Å². The second-order valence-corrected chi connectivity index (χ2v) is 10.3. The van der Waals surface area contributed by atoms with Crippen LogP contribution in [0.1, 0.15) is 16.7 Å². The predicted octanol–water partition coefficient (Wildman–Crippen LogP) is 6.29. The van der Waals surface area contributed by atoms with E-state index >= 15 is 0 Å². The number of fused-ring (bicyclic) bond motifs is 1. The van der Waals surface area contributed by atoms with Crippen molar-refractivity contribution >= 4 is 44.1 Å². The molecule has 0 aliphatic rings. The molecule has 0 atom stereocenters. The molecule has 0 bridgehead atoms. The Morgan fingerprint density at radius 3 is 2.26 bits per heavy atom. The summed E-state index contributed by atoms with van der Waals surface area (Å²) in [7, 11) is -2.38. The average Bonchev–Trinajstić information content (AvgIpc) is 2.81.